The molecule has 5 aromatic heterocycles. The molecule has 0 saturated heterocycles. The number of pyridine rings is 5. The molecule has 0 amide bonds. The Morgan fingerprint density at radius 3 is 0.983 bits per heavy atom. The molecule has 4 spiro atoms. The van der Waals surface area contributed by atoms with E-state index in [0.29, 0.717) is 40.0 Å². The van der Waals surface area contributed by atoms with Gasteiger partial charge in [-0.05, 0) is 318 Å². The summed E-state index contributed by atoms with van der Waals surface area (Å²) in [6.45, 7) is 13.1. The van der Waals surface area contributed by atoms with Gasteiger partial charge in [-0.3, -0.25) is 0 Å². The van der Waals surface area contributed by atoms with E-state index in [2.05, 4.69) is 118 Å². The Morgan fingerprint density at radius 2 is 0.587 bits per heavy atom. The number of hydrogen-bond acceptors (Lipinski definition) is 5. The minimum Gasteiger partial charge on any atom is -0.487 e. The monoisotopic (exact) mass is 1640 g/mol. The van der Waals surface area contributed by atoms with Gasteiger partial charge in [0.15, 0.2) is 31.0 Å². The van der Waals surface area contributed by atoms with Crippen molar-refractivity contribution in [3.63, 3.8) is 0 Å². The van der Waals surface area contributed by atoms with Gasteiger partial charge >= 0.3 is 0 Å². The topological polar surface area (TPSA) is 65.5 Å². The lowest BCUT2D eigenvalue weighted by molar-refractivity contribution is -0.660. The molecule has 10 nitrogen and oxygen atoms in total. The first-order chi connectivity index (χ1) is 64.4. The van der Waals surface area contributed by atoms with Crippen molar-refractivity contribution in [1.29, 1.82) is 0 Å². The second kappa shape index (κ2) is 34.9. The maximum atomic E-state index is 8.77. The highest BCUT2D eigenvalue weighted by Crippen LogP contribution is 2.58. The summed E-state index contributed by atoms with van der Waals surface area (Å²) < 4.78 is 175. The van der Waals surface area contributed by atoms with E-state index in [9.17, 15) is 0 Å². The summed E-state index contributed by atoms with van der Waals surface area (Å²) in [6.07, 6.45) is 37.2. The minimum atomic E-state index is -2.17. The van der Waals surface area contributed by atoms with Gasteiger partial charge in [0.25, 0.3) is 0 Å². The predicted octanol–water partition coefficient (Wildman–Crippen LogP) is 24.7. The molecule has 5 aliphatic heterocycles. The number of aromatic nitrogens is 5. The molecular weight excluding hydrogens is 1480 g/mol. The van der Waals surface area contributed by atoms with Crippen molar-refractivity contribution in [2.75, 3.05) is 0 Å². The number of aryl methyl sites for hydroxylation is 18. The largest absolute Gasteiger partial charge is 0.487 e. The fraction of sp³-hybridized carbons (Fsp3) is 0.505. The quantitative estimate of drug-likeness (QED) is 0.161. The lowest BCUT2D eigenvalue weighted by Gasteiger charge is -2.48. The van der Waals surface area contributed by atoms with E-state index < -0.39 is 46.2 Å². The van der Waals surface area contributed by atoms with Crippen LogP contribution in [0.4, 0.5) is 0 Å². The molecule has 9 aliphatic rings. The summed E-state index contributed by atoms with van der Waals surface area (Å²) in [7, 11) is 9.48. The van der Waals surface area contributed by atoms with Crippen molar-refractivity contribution in [1.82, 2.24) is 0 Å². The van der Waals surface area contributed by atoms with Crippen LogP contribution >= 0.6 is 0 Å². The molecule has 10 aromatic rings. The second-order valence-corrected chi connectivity index (χ2v) is 39.2. The van der Waals surface area contributed by atoms with E-state index in [4.69, 9.17) is 47.0 Å². The van der Waals surface area contributed by atoms with E-state index in [1.807, 2.05) is 107 Å². The third-order valence-corrected chi connectivity index (χ3v) is 28.0. The number of fused-ring (bicyclic) bond motifs is 6. The van der Waals surface area contributed by atoms with Crippen LogP contribution in [0.5, 0.6) is 28.7 Å². The number of hydrogen-bond donors (Lipinski definition) is 0. The summed E-state index contributed by atoms with van der Waals surface area (Å²) in [5, 5.41) is 0. The van der Waals surface area contributed by atoms with Crippen molar-refractivity contribution in [3.05, 3.63) is 236 Å². The van der Waals surface area contributed by atoms with Gasteiger partial charge in [-0.2, -0.15) is 0 Å². The smallest absolute Gasteiger partial charge is 0.216 e. The fourth-order valence-electron chi connectivity index (χ4n) is 21.9. The SMILES string of the molecule is [2H]C([2H])([2H])c1ccc(-c2c(C)ccc3c2OC(C)(C)CC3)[n+](C)c1.[2H]C([2H])([2H])c1ccc(-c2c(C)ccc3c2OC(C)(C)CC32CCCCC2)[n+](C)c1.[2H]C([2H])([2H])c1ccc(-c2c(C)ccc3c2OC2(CCCCC2)CC3(C)C)[n+](C)c1.[2H]C([2H])([2H])c1ccc(-c2c(C)ccc3c2OC2(CCCCC2)CC3([2H])[2H])[n+](C)c1.[2H]C([2H])([2H])c1ccc(-c2c(C)ccc3c2OC2(CCCCC2)CC3)[n+](C)c1. The van der Waals surface area contributed by atoms with Crippen LogP contribution in [0, 0.1) is 68.9 Å². The molecule has 10 heteroatoms. The van der Waals surface area contributed by atoms with Gasteiger partial charge in [-0.15, -0.1) is 0 Å². The van der Waals surface area contributed by atoms with Crippen molar-refractivity contribution in [2.45, 2.75) is 329 Å². The molecule has 0 radical (unpaired) electrons. The van der Waals surface area contributed by atoms with Crippen molar-refractivity contribution in [2.24, 2.45) is 35.2 Å². The molecule has 121 heavy (non-hydrogen) atoms. The average molecular weight is 1650 g/mol. The summed E-state index contributed by atoms with van der Waals surface area (Å²) in [4.78, 5) is 0. The molecule has 19 rings (SSSR count). The van der Waals surface area contributed by atoms with E-state index in [1.54, 1.807) is 61.3 Å². The maximum Gasteiger partial charge on any atom is 0.216 e. The van der Waals surface area contributed by atoms with Gasteiger partial charge < -0.3 is 23.7 Å². The number of nitrogens with zero attached hydrogens (tertiary/aromatic N) is 5. The Balaban J connectivity index is 0.000000131. The molecule has 0 unspecified atom stereocenters. The summed E-state index contributed by atoms with van der Waals surface area (Å²) in [6, 6.07) is 39.3. The summed E-state index contributed by atoms with van der Waals surface area (Å²) in [5.74, 6) is 4.57. The molecule has 638 valence electrons. The average Bonchev–Trinajstić information content (AvgIpc) is 0.733. The van der Waals surface area contributed by atoms with E-state index in [0.717, 1.165) is 191 Å². The Hall–Kier alpha value is -9.15. The van der Waals surface area contributed by atoms with Gasteiger partial charge in [-0.1, -0.05) is 113 Å². The van der Waals surface area contributed by atoms with Crippen LogP contribution in [0.1, 0.15) is 309 Å². The number of ether oxygens (including phenoxy) is 5. The summed E-state index contributed by atoms with van der Waals surface area (Å²) in [5.41, 5.74) is 22.3. The van der Waals surface area contributed by atoms with Crippen LogP contribution in [-0.2, 0) is 65.3 Å². The van der Waals surface area contributed by atoms with Crippen LogP contribution < -0.4 is 46.5 Å². The lowest BCUT2D eigenvalue weighted by atomic mass is 9.62. The third-order valence-electron chi connectivity index (χ3n) is 28.0. The summed E-state index contributed by atoms with van der Waals surface area (Å²) >= 11 is 0. The molecule has 5 aromatic carbocycles. The molecule has 0 atom stereocenters. The maximum absolute atomic E-state index is 8.77. The Kier molecular flexibility index (Phi) is 19.4. The van der Waals surface area contributed by atoms with E-state index in [-0.39, 0.29) is 38.8 Å². The normalized spacial score (nSPS) is 22.2. The zero-order valence-electron chi connectivity index (χ0n) is 92.3. The third kappa shape index (κ3) is 18.3. The van der Waals surface area contributed by atoms with Gasteiger partial charge in [0.05, 0.1) is 27.8 Å². The molecular formula is C111H144N5O5+5. The van der Waals surface area contributed by atoms with Gasteiger partial charge in [0, 0.05) is 98.0 Å². The highest BCUT2D eigenvalue weighted by Gasteiger charge is 2.50. The fourth-order valence-corrected chi connectivity index (χ4v) is 21.9. The Bertz CT molecular complexity index is 6060. The minimum absolute atomic E-state index is 0.00893. The molecule has 0 bridgehead atoms. The van der Waals surface area contributed by atoms with Crippen LogP contribution in [0.3, 0.4) is 0 Å². The lowest BCUT2D eigenvalue weighted by Crippen LogP contribution is -2.47. The van der Waals surface area contributed by atoms with Crippen LogP contribution in [0.25, 0.3) is 56.3 Å². The van der Waals surface area contributed by atoms with Crippen molar-refractivity contribution >= 4 is 0 Å². The first kappa shape index (κ1) is 67.4. The predicted molar refractivity (Wildman–Crippen MR) is 493 cm³/mol. The number of benzene rings is 5. The zero-order valence-corrected chi connectivity index (χ0v) is 75.3. The molecule has 4 saturated carbocycles. The highest BCUT2D eigenvalue weighted by atomic mass is 16.5. The Morgan fingerprint density at radius 1 is 0.281 bits per heavy atom. The van der Waals surface area contributed by atoms with Crippen molar-refractivity contribution < 1.29 is 69.8 Å². The van der Waals surface area contributed by atoms with Gasteiger partial charge in [0.1, 0.15) is 92.0 Å². The van der Waals surface area contributed by atoms with Gasteiger partial charge in [0.2, 0.25) is 28.5 Å². The molecule has 10 heterocycles. The van der Waals surface area contributed by atoms with E-state index in [1.165, 1.54) is 105 Å². The Labute approximate surface area is 751 Å². The van der Waals surface area contributed by atoms with Crippen LogP contribution in [0.2, 0.25) is 0 Å². The van der Waals surface area contributed by atoms with Crippen molar-refractivity contribution in [3.8, 4) is 85.0 Å². The molecule has 4 aliphatic carbocycles. The highest BCUT2D eigenvalue weighted by molar-refractivity contribution is 5.77. The zero-order chi connectivity index (χ0) is 100. The molecule has 0 N–H and O–H groups in total. The van der Waals surface area contributed by atoms with Gasteiger partial charge in [-0.25, -0.2) is 22.8 Å². The van der Waals surface area contributed by atoms with Crippen LogP contribution in [-0.4, -0.2) is 28.0 Å². The number of rotatable bonds is 5. The van der Waals surface area contributed by atoms with Crippen LogP contribution in [0.15, 0.2) is 152 Å². The first-order valence-corrected chi connectivity index (χ1v) is 45.1. The second-order valence-electron chi connectivity index (χ2n) is 39.2. The first-order valence-electron chi connectivity index (χ1n) is 53.6. The standard InChI is InChI=1S/2C24H32NO.2C22H28NO.C19H24NO/c1-17-9-12-20(25(5)15-17)21-18(2)10-11-19-22(21)26-23(3,4)16-24(19)13-7-6-8-14-24;1-17-9-12-20(25(5)15-17)21-18(2)10-11-19-22(21)26-24(16-23(19,3)4)13-7-6-8-14-24;2*1-16-7-10-19(23(3)15-16)20-17(2)8-9-18-11-14-22(24-21(18)20)12-5-4-6-13-22;1-13-6-9-16(20(5)12-13)17-14(2)7-8-15-10-11-19(3,4)21-18(15)17/h2*9-12,15H,6-8,13-14,16H2,1-5H3;2*7-10,15H,4-6,11-14H2,1-3H3;6-9,12H,10-11H2,1-5H3/q5*+1/i2*1D3;1D3,11D2;2*1D3. The molecule has 4 fully saturated rings. The van der Waals surface area contributed by atoms with E-state index >= 15 is 0 Å².